The number of fused-ring (bicyclic) bond motifs is 1. The van der Waals surface area contributed by atoms with Crippen LogP contribution in [0.5, 0.6) is 11.5 Å². The molecule has 0 unspecified atom stereocenters. The summed E-state index contributed by atoms with van der Waals surface area (Å²) in [6.07, 6.45) is 5.68. The summed E-state index contributed by atoms with van der Waals surface area (Å²) in [6.45, 7) is 0. The van der Waals surface area contributed by atoms with Gasteiger partial charge in [0.1, 0.15) is 5.82 Å². The molecule has 1 fully saturated rings. The van der Waals surface area contributed by atoms with E-state index < -0.39 is 0 Å². The Morgan fingerprint density at radius 3 is 2.69 bits per heavy atom. The molecule has 2 aliphatic rings. The Kier molecular flexibility index (Phi) is 4.22. The predicted octanol–water partition coefficient (Wildman–Crippen LogP) is 2.87. The van der Waals surface area contributed by atoms with Gasteiger partial charge in [0.2, 0.25) is 5.91 Å². The molecule has 3 N–H and O–H groups in total. The van der Waals surface area contributed by atoms with Crippen molar-refractivity contribution in [2.75, 3.05) is 12.4 Å². The van der Waals surface area contributed by atoms with Crippen molar-refractivity contribution in [1.29, 1.82) is 0 Å². The number of carbonyl (C=O) groups is 1. The van der Waals surface area contributed by atoms with E-state index >= 15 is 0 Å². The fourth-order valence-corrected chi connectivity index (χ4v) is 4.19. The van der Waals surface area contributed by atoms with Gasteiger partial charge in [-0.05, 0) is 30.5 Å². The molecular weight excluding hydrogens is 334 g/mol. The summed E-state index contributed by atoms with van der Waals surface area (Å²) in [7, 11) is 1.48. The van der Waals surface area contributed by atoms with Crippen LogP contribution in [0.1, 0.15) is 61.6 Å². The molecule has 0 saturated heterocycles. The average Bonchev–Trinajstić information content (AvgIpc) is 2.98. The van der Waals surface area contributed by atoms with Crippen LogP contribution in [0, 0.1) is 0 Å². The number of aromatic nitrogens is 2. The van der Waals surface area contributed by atoms with Gasteiger partial charge in [0.25, 0.3) is 5.56 Å². The molecule has 7 nitrogen and oxygen atoms in total. The van der Waals surface area contributed by atoms with Crippen molar-refractivity contribution in [3.8, 4) is 11.5 Å². The Hall–Kier alpha value is -2.70. The van der Waals surface area contributed by atoms with Gasteiger partial charge >= 0.3 is 0 Å². The lowest BCUT2D eigenvalue weighted by atomic mass is 9.86. The topological polar surface area (TPSA) is 96.4 Å². The molecule has 0 spiro atoms. The number of benzene rings is 1. The van der Waals surface area contributed by atoms with Crippen LogP contribution in [-0.4, -0.2) is 27.9 Å². The smallest absolute Gasteiger partial charge is 0.270 e. The molecular formula is C19H23N3O4. The molecule has 7 heteroatoms. The molecule has 0 bridgehead atoms. The number of H-pyrrole nitrogens is 1. The van der Waals surface area contributed by atoms with E-state index in [9.17, 15) is 14.7 Å². The van der Waals surface area contributed by atoms with Gasteiger partial charge in [0, 0.05) is 12.3 Å². The number of nitrogens with one attached hydrogen (secondary N) is 2. The number of methoxy groups -OCH3 is 1. The van der Waals surface area contributed by atoms with Crippen molar-refractivity contribution >= 4 is 11.7 Å². The highest BCUT2D eigenvalue weighted by atomic mass is 16.5. The largest absolute Gasteiger partial charge is 0.504 e. The molecule has 1 aliphatic carbocycles. The molecule has 1 aromatic carbocycles. The lowest BCUT2D eigenvalue weighted by Crippen LogP contribution is -2.27. The van der Waals surface area contributed by atoms with Crippen LogP contribution in [0.2, 0.25) is 0 Å². The first kappa shape index (κ1) is 16.8. The third-order valence-corrected chi connectivity index (χ3v) is 5.50. The van der Waals surface area contributed by atoms with Crippen LogP contribution in [-0.2, 0) is 4.79 Å². The predicted molar refractivity (Wildman–Crippen MR) is 96.9 cm³/mol. The fraction of sp³-hybridized carbons (Fsp3) is 0.474. The van der Waals surface area contributed by atoms with E-state index in [2.05, 4.69) is 10.4 Å². The van der Waals surface area contributed by atoms with E-state index in [-0.39, 0.29) is 35.6 Å². The zero-order valence-corrected chi connectivity index (χ0v) is 14.7. The third-order valence-electron chi connectivity index (χ3n) is 5.50. The summed E-state index contributed by atoms with van der Waals surface area (Å²) in [4.78, 5) is 25.1. The maximum atomic E-state index is 12.7. The third kappa shape index (κ3) is 2.77. The van der Waals surface area contributed by atoms with Crippen LogP contribution in [0.3, 0.4) is 0 Å². The number of nitrogens with zero attached hydrogens (tertiary/aromatic N) is 1. The summed E-state index contributed by atoms with van der Waals surface area (Å²) >= 11 is 0. The Labute approximate surface area is 151 Å². The first-order valence-corrected chi connectivity index (χ1v) is 9.09. The zero-order valence-electron chi connectivity index (χ0n) is 14.7. The highest BCUT2D eigenvalue weighted by Crippen LogP contribution is 2.40. The molecule has 2 heterocycles. The molecule has 0 radical (unpaired) electrons. The summed E-state index contributed by atoms with van der Waals surface area (Å²) in [5.74, 6) is 0.485. The number of rotatable bonds is 3. The quantitative estimate of drug-likeness (QED) is 0.787. The minimum Gasteiger partial charge on any atom is -0.504 e. The van der Waals surface area contributed by atoms with E-state index in [1.54, 1.807) is 12.1 Å². The SMILES string of the molecule is COc1cc([C@@H]2CC(=O)Nc3c2c(=O)[nH]n3C2CCCCC2)ccc1O. The zero-order chi connectivity index (χ0) is 18.3. The van der Waals surface area contributed by atoms with Crippen LogP contribution >= 0.6 is 0 Å². The number of carbonyl (C=O) groups excluding carboxylic acids is 1. The van der Waals surface area contributed by atoms with Crippen LogP contribution in [0.4, 0.5) is 5.82 Å². The second-order valence-electron chi connectivity index (χ2n) is 7.10. The highest BCUT2D eigenvalue weighted by Gasteiger charge is 2.34. The Morgan fingerprint density at radius 2 is 1.96 bits per heavy atom. The molecule has 1 saturated carbocycles. The molecule has 1 atom stereocenters. The second kappa shape index (κ2) is 6.55. The molecule has 1 aliphatic heterocycles. The van der Waals surface area contributed by atoms with Crippen LogP contribution < -0.4 is 15.6 Å². The van der Waals surface area contributed by atoms with Gasteiger partial charge in [-0.1, -0.05) is 25.3 Å². The summed E-state index contributed by atoms with van der Waals surface area (Å²) in [5, 5.41) is 15.7. The van der Waals surface area contributed by atoms with E-state index in [1.807, 2.05) is 4.68 Å². The van der Waals surface area contributed by atoms with Crippen molar-refractivity contribution in [3.63, 3.8) is 0 Å². The molecule has 1 aromatic heterocycles. The van der Waals surface area contributed by atoms with Gasteiger partial charge < -0.3 is 15.2 Å². The van der Waals surface area contributed by atoms with Crippen LogP contribution in [0.25, 0.3) is 0 Å². The minimum absolute atomic E-state index is 0.0328. The molecule has 1 amide bonds. The van der Waals surface area contributed by atoms with Gasteiger partial charge in [-0.3, -0.25) is 19.4 Å². The minimum atomic E-state index is -0.359. The second-order valence-corrected chi connectivity index (χ2v) is 7.10. The number of aromatic hydroxyl groups is 1. The van der Waals surface area contributed by atoms with Crippen molar-refractivity contribution in [2.24, 2.45) is 0 Å². The summed E-state index contributed by atoms with van der Waals surface area (Å²) in [5.41, 5.74) is 1.20. The Balaban J connectivity index is 1.80. The number of aromatic amines is 1. The standard InChI is InChI=1S/C19H23N3O4/c1-26-15-9-11(7-8-14(15)23)13-10-16(24)20-18-17(13)19(25)21-22(18)12-5-3-2-4-6-12/h7-9,12-13,23H,2-6,10H2,1H3,(H,20,24)(H,21,25)/t13-/m0/s1. The molecule has 4 rings (SSSR count). The molecule has 2 aromatic rings. The monoisotopic (exact) mass is 357 g/mol. The number of anilines is 1. The van der Waals surface area contributed by atoms with Crippen LogP contribution in [0.15, 0.2) is 23.0 Å². The van der Waals surface area contributed by atoms with Crippen molar-refractivity contribution in [3.05, 3.63) is 39.7 Å². The van der Waals surface area contributed by atoms with Gasteiger partial charge in [-0.25, -0.2) is 0 Å². The normalized spacial score (nSPS) is 20.5. The van der Waals surface area contributed by atoms with E-state index in [0.717, 1.165) is 31.2 Å². The Bertz CT molecular complexity index is 893. The van der Waals surface area contributed by atoms with Gasteiger partial charge in [-0.2, -0.15) is 0 Å². The lowest BCUT2D eigenvalue weighted by molar-refractivity contribution is -0.116. The average molecular weight is 357 g/mol. The molecule has 26 heavy (non-hydrogen) atoms. The maximum absolute atomic E-state index is 12.7. The van der Waals surface area contributed by atoms with Crippen molar-refractivity contribution in [1.82, 2.24) is 9.78 Å². The first-order chi connectivity index (χ1) is 12.6. The number of hydrogen-bond acceptors (Lipinski definition) is 4. The number of phenolic OH excluding ortho intramolecular Hbond substituents is 1. The van der Waals surface area contributed by atoms with Gasteiger partial charge in [0.15, 0.2) is 11.5 Å². The fourth-order valence-electron chi connectivity index (χ4n) is 4.19. The van der Waals surface area contributed by atoms with E-state index in [1.165, 1.54) is 19.6 Å². The number of amides is 1. The maximum Gasteiger partial charge on any atom is 0.270 e. The molecule has 138 valence electrons. The van der Waals surface area contributed by atoms with E-state index in [4.69, 9.17) is 4.74 Å². The number of hydrogen-bond donors (Lipinski definition) is 3. The summed E-state index contributed by atoms with van der Waals surface area (Å²) in [6, 6.07) is 5.18. The lowest BCUT2D eigenvalue weighted by Gasteiger charge is -2.28. The number of ether oxygens (including phenoxy) is 1. The highest BCUT2D eigenvalue weighted by molar-refractivity contribution is 5.94. The van der Waals surface area contributed by atoms with Gasteiger partial charge in [0.05, 0.1) is 18.7 Å². The van der Waals surface area contributed by atoms with Crippen molar-refractivity contribution < 1.29 is 14.6 Å². The number of phenols is 1. The van der Waals surface area contributed by atoms with Crippen molar-refractivity contribution in [2.45, 2.75) is 50.5 Å². The van der Waals surface area contributed by atoms with Gasteiger partial charge in [-0.15, -0.1) is 0 Å². The first-order valence-electron chi connectivity index (χ1n) is 9.09. The Morgan fingerprint density at radius 1 is 1.19 bits per heavy atom. The van der Waals surface area contributed by atoms with E-state index in [0.29, 0.717) is 17.1 Å². The summed E-state index contributed by atoms with van der Waals surface area (Å²) < 4.78 is 7.04.